The summed E-state index contributed by atoms with van der Waals surface area (Å²) in [5, 5.41) is 0. The molecular formula is C18H18N2O2. The molecule has 0 saturated carbocycles. The molecule has 1 fully saturated rings. The van der Waals surface area contributed by atoms with Gasteiger partial charge in [0.25, 0.3) is 0 Å². The van der Waals surface area contributed by atoms with Crippen molar-refractivity contribution in [2.24, 2.45) is 5.92 Å². The molecule has 0 N–H and O–H groups in total. The molecule has 0 aliphatic carbocycles. The highest BCUT2D eigenvalue weighted by molar-refractivity contribution is 6.20. The van der Waals surface area contributed by atoms with Crippen LogP contribution in [0, 0.1) is 19.8 Å². The number of benzene rings is 1. The number of imide groups is 1. The van der Waals surface area contributed by atoms with Crippen LogP contribution in [0.5, 0.6) is 0 Å². The van der Waals surface area contributed by atoms with Crippen molar-refractivity contribution in [2.45, 2.75) is 26.7 Å². The van der Waals surface area contributed by atoms with Crippen molar-refractivity contribution in [3.05, 3.63) is 59.3 Å². The van der Waals surface area contributed by atoms with Crippen LogP contribution in [-0.4, -0.2) is 16.8 Å². The van der Waals surface area contributed by atoms with Gasteiger partial charge in [0.2, 0.25) is 11.8 Å². The minimum absolute atomic E-state index is 0.149. The average Bonchev–Trinajstić information content (AvgIpc) is 2.73. The Kier molecular flexibility index (Phi) is 3.75. The van der Waals surface area contributed by atoms with E-state index in [0.717, 1.165) is 16.8 Å². The lowest BCUT2D eigenvalue weighted by Crippen LogP contribution is -2.31. The number of amides is 2. The molecule has 1 aliphatic heterocycles. The van der Waals surface area contributed by atoms with Gasteiger partial charge in [-0.25, -0.2) is 9.88 Å². The zero-order valence-electron chi connectivity index (χ0n) is 12.7. The number of rotatable bonds is 3. The first kappa shape index (κ1) is 14.4. The number of hydrogen-bond donors (Lipinski definition) is 0. The number of carbonyl (C=O) groups excluding carboxylic acids is 2. The minimum atomic E-state index is -0.295. The Morgan fingerprint density at radius 3 is 2.64 bits per heavy atom. The SMILES string of the molecule is Cc1cccc(CC2CC(=O)N(c3cccc(C)n3)C2=O)c1. The molecule has 2 heterocycles. The van der Waals surface area contributed by atoms with Gasteiger partial charge in [0.15, 0.2) is 0 Å². The van der Waals surface area contributed by atoms with Crippen LogP contribution in [0.2, 0.25) is 0 Å². The van der Waals surface area contributed by atoms with E-state index in [1.165, 1.54) is 4.90 Å². The molecule has 1 unspecified atom stereocenters. The van der Waals surface area contributed by atoms with Gasteiger partial charge in [0, 0.05) is 12.1 Å². The van der Waals surface area contributed by atoms with E-state index in [2.05, 4.69) is 11.1 Å². The van der Waals surface area contributed by atoms with Gasteiger partial charge >= 0.3 is 0 Å². The summed E-state index contributed by atoms with van der Waals surface area (Å²) in [7, 11) is 0. The Morgan fingerprint density at radius 2 is 1.91 bits per heavy atom. The van der Waals surface area contributed by atoms with Crippen molar-refractivity contribution in [3.8, 4) is 0 Å². The fourth-order valence-electron chi connectivity index (χ4n) is 2.87. The third-order valence-corrected chi connectivity index (χ3v) is 3.91. The number of pyridine rings is 1. The topological polar surface area (TPSA) is 50.3 Å². The lowest BCUT2D eigenvalue weighted by atomic mass is 9.97. The molecule has 1 saturated heterocycles. The van der Waals surface area contributed by atoms with Gasteiger partial charge in [0.05, 0.1) is 5.92 Å². The lowest BCUT2D eigenvalue weighted by Gasteiger charge is -2.14. The van der Waals surface area contributed by atoms with E-state index in [-0.39, 0.29) is 24.2 Å². The Balaban J connectivity index is 1.82. The number of hydrogen-bond acceptors (Lipinski definition) is 3. The molecule has 2 amide bonds. The second-order valence-electron chi connectivity index (χ2n) is 5.80. The molecule has 3 rings (SSSR count). The Bertz CT molecular complexity index is 739. The smallest absolute Gasteiger partial charge is 0.238 e. The lowest BCUT2D eigenvalue weighted by molar-refractivity contribution is -0.122. The van der Waals surface area contributed by atoms with E-state index < -0.39 is 0 Å². The highest BCUT2D eigenvalue weighted by Crippen LogP contribution is 2.27. The molecule has 0 radical (unpaired) electrons. The first-order valence-corrected chi connectivity index (χ1v) is 7.40. The zero-order valence-corrected chi connectivity index (χ0v) is 12.7. The minimum Gasteiger partial charge on any atom is -0.274 e. The van der Waals surface area contributed by atoms with Crippen LogP contribution in [0.3, 0.4) is 0 Å². The van der Waals surface area contributed by atoms with Crippen molar-refractivity contribution < 1.29 is 9.59 Å². The summed E-state index contributed by atoms with van der Waals surface area (Å²) in [5.74, 6) is -0.177. The first-order chi connectivity index (χ1) is 10.5. The summed E-state index contributed by atoms with van der Waals surface area (Å²) in [6, 6.07) is 13.4. The quantitative estimate of drug-likeness (QED) is 0.818. The number of carbonyl (C=O) groups is 2. The predicted octanol–water partition coefficient (Wildman–Crippen LogP) is 2.82. The molecule has 2 aromatic rings. The monoisotopic (exact) mass is 294 g/mol. The van der Waals surface area contributed by atoms with Gasteiger partial charge in [0.1, 0.15) is 5.82 Å². The number of aryl methyl sites for hydroxylation is 2. The molecule has 1 aromatic carbocycles. The third kappa shape index (κ3) is 2.77. The van der Waals surface area contributed by atoms with Crippen LogP contribution in [-0.2, 0) is 16.0 Å². The predicted molar refractivity (Wildman–Crippen MR) is 84.5 cm³/mol. The fraction of sp³-hybridized carbons (Fsp3) is 0.278. The maximum absolute atomic E-state index is 12.6. The molecule has 4 heteroatoms. The second-order valence-corrected chi connectivity index (χ2v) is 5.80. The zero-order chi connectivity index (χ0) is 15.7. The van der Waals surface area contributed by atoms with Gasteiger partial charge in [-0.15, -0.1) is 0 Å². The third-order valence-electron chi connectivity index (χ3n) is 3.91. The maximum atomic E-state index is 12.6. The largest absolute Gasteiger partial charge is 0.274 e. The molecule has 4 nitrogen and oxygen atoms in total. The summed E-state index contributed by atoms with van der Waals surface area (Å²) < 4.78 is 0. The molecule has 0 bridgehead atoms. The molecule has 22 heavy (non-hydrogen) atoms. The van der Waals surface area contributed by atoms with Crippen molar-refractivity contribution >= 4 is 17.6 Å². The van der Waals surface area contributed by atoms with Gasteiger partial charge in [-0.1, -0.05) is 35.9 Å². The summed E-state index contributed by atoms with van der Waals surface area (Å²) in [6.45, 7) is 3.87. The second kappa shape index (κ2) is 5.72. The van der Waals surface area contributed by atoms with E-state index >= 15 is 0 Å². The van der Waals surface area contributed by atoms with E-state index in [4.69, 9.17) is 0 Å². The maximum Gasteiger partial charge on any atom is 0.238 e. The number of nitrogens with zero attached hydrogens (tertiary/aromatic N) is 2. The molecule has 0 spiro atoms. The highest BCUT2D eigenvalue weighted by atomic mass is 16.2. The van der Waals surface area contributed by atoms with Crippen LogP contribution >= 0.6 is 0 Å². The Labute approximate surface area is 129 Å². The van der Waals surface area contributed by atoms with Gasteiger partial charge in [-0.3, -0.25) is 9.59 Å². The summed E-state index contributed by atoms with van der Waals surface area (Å²) >= 11 is 0. The van der Waals surface area contributed by atoms with Gasteiger partial charge < -0.3 is 0 Å². The van der Waals surface area contributed by atoms with Gasteiger partial charge in [-0.2, -0.15) is 0 Å². The molecule has 1 aliphatic rings. The number of anilines is 1. The van der Waals surface area contributed by atoms with Crippen molar-refractivity contribution in [1.82, 2.24) is 4.98 Å². The van der Waals surface area contributed by atoms with Crippen LogP contribution in [0.25, 0.3) is 0 Å². The highest BCUT2D eigenvalue weighted by Gasteiger charge is 2.40. The Hall–Kier alpha value is -2.49. The Morgan fingerprint density at radius 1 is 1.14 bits per heavy atom. The van der Waals surface area contributed by atoms with Gasteiger partial charge in [-0.05, 0) is 38.0 Å². The van der Waals surface area contributed by atoms with E-state index in [1.807, 2.05) is 44.2 Å². The normalized spacial score (nSPS) is 18.1. The van der Waals surface area contributed by atoms with Crippen molar-refractivity contribution in [2.75, 3.05) is 4.90 Å². The van der Waals surface area contributed by atoms with Crippen LogP contribution < -0.4 is 4.90 Å². The molecule has 1 atom stereocenters. The van der Waals surface area contributed by atoms with Crippen molar-refractivity contribution in [1.29, 1.82) is 0 Å². The number of aromatic nitrogens is 1. The molecular weight excluding hydrogens is 276 g/mol. The summed E-state index contributed by atoms with van der Waals surface area (Å²) in [4.78, 5) is 30.3. The van der Waals surface area contributed by atoms with E-state index in [1.54, 1.807) is 6.07 Å². The van der Waals surface area contributed by atoms with Crippen LogP contribution in [0.15, 0.2) is 42.5 Å². The standard InChI is InChI=1S/C18H18N2O2/c1-12-5-3-7-14(9-12)10-15-11-17(21)20(18(15)22)16-8-4-6-13(2)19-16/h3-9,15H,10-11H2,1-2H3. The summed E-state index contributed by atoms with van der Waals surface area (Å²) in [5.41, 5.74) is 3.04. The first-order valence-electron chi connectivity index (χ1n) is 7.40. The molecule has 1 aromatic heterocycles. The molecule has 112 valence electrons. The van der Waals surface area contributed by atoms with E-state index in [0.29, 0.717) is 12.2 Å². The van der Waals surface area contributed by atoms with Crippen LogP contribution in [0.4, 0.5) is 5.82 Å². The van der Waals surface area contributed by atoms with Crippen LogP contribution in [0.1, 0.15) is 23.2 Å². The van der Waals surface area contributed by atoms with Crippen molar-refractivity contribution in [3.63, 3.8) is 0 Å². The average molecular weight is 294 g/mol. The fourth-order valence-corrected chi connectivity index (χ4v) is 2.87. The summed E-state index contributed by atoms with van der Waals surface area (Å²) in [6.07, 6.45) is 0.844. The van der Waals surface area contributed by atoms with E-state index in [9.17, 15) is 9.59 Å².